The second kappa shape index (κ2) is 6.18. The molecule has 0 aromatic carbocycles. The summed E-state index contributed by atoms with van der Waals surface area (Å²) in [6.45, 7) is 6.13. The summed E-state index contributed by atoms with van der Waals surface area (Å²) in [7, 11) is 0. The average Bonchev–Trinajstić information content (AvgIpc) is 2.10. The van der Waals surface area contributed by atoms with Crippen molar-refractivity contribution in [3.05, 3.63) is 0 Å². The van der Waals surface area contributed by atoms with E-state index >= 15 is 0 Å². The van der Waals surface area contributed by atoms with Gasteiger partial charge in [-0.05, 0) is 39.5 Å². The van der Waals surface area contributed by atoms with Gasteiger partial charge in [-0.2, -0.15) is 0 Å². The van der Waals surface area contributed by atoms with Gasteiger partial charge in [0.25, 0.3) is 0 Å². The number of ether oxygens (including phenoxy) is 1. The lowest BCUT2D eigenvalue weighted by Gasteiger charge is -2.35. The molecular weight excluding hydrogens is 234 g/mol. The number of amides is 1. The number of carbonyl (C=O) groups is 2. The van der Waals surface area contributed by atoms with Gasteiger partial charge in [-0.1, -0.05) is 0 Å². The summed E-state index contributed by atoms with van der Waals surface area (Å²) < 4.78 is 5.43. The van der Waals surface area contributed by atoms with Crippen LogP contribution in [0.1, 0.15) is 46.5 Å². The quantitative estimate of drug-likeness (QED) is 0.725. The number of rotatable bonds is 7. The Morgan fingerprint density at radius 1 is 1.39 bits per heavy atom. The lowest BCUT2D eigenvalue weighted by Crippen LogP contribution is -2.46. The summed E-state index contributed by atoms with van der Waals surface area (Å²) in [4.78, 5) is 22.4. The molecule has 1 aliphatic carbocycles. The number of nitrogens with one attached hydrogen (secondary N) is 1. The summed E-state index contributed by atoms with van der Waals surface area (Å²) in [6.07, 6.45) is 2.57. The van der Waals surface area contributed by atoms with E-state index in [-0.39, 0.29) is 12.3 Å². The molecule has 0 unspecified atom stereocenters. The number of carboxylic acids is 1. The highest BCUT2D eigenvalue weighted by Crippen LogP contribution is 2.32. The molecule has 0 bridgehead atoms. The number of hydrogen-bond donors (Lipinski definition) is 2. The van der Waals surface area contributed by atoms with Crippen LogP contribution in [-0.4, -0.2) is 35.2 Å². The van der Waals surface area contributed by atoms with Crippen LogP contribution in [0.4, 0.5) is 0 Å². The molecule has 0 spiro atoms. The Bertz CT molecular complexity index is 308. The van der Waals surface area contributed by atoms with Crippen LogP contribution in [0.25, 0.3) is 0 Å². The molecule has 104 valence electrons. The number of aliphatic carboxylic acids is 1. The molecule has 5 nitrogen and oxygen atoms in total. The third-order valence-corrected chi connectivity index (χ3v) is 3.14. The third kappa shape index (κ3) is 5.04. The monoisotopic (exact) mass is 257 g/mol. The minimum absolute atomic E-state index is 0.0645. The van der Waals surface area contributed by atoms with Crippen LogP contribution < -0.4 is 5.32 Å². The van der Waals surface area contributed by atoms with Crippen LogP contribution in [0.2, 0.25) is 0 Å². The Morgan fingerprint density at radius 3 is 2.50 bits per heavy atom. The number of carbonyl (C=O) groups excluding carboxylic acids is 1. The zero-order chi connectivity index (χ0) is 13.8. The molecule has 1 aliphatic rings. The Hall–Kier alpha value is -1.10. The van der Waals surface area contributed by atoms with Crippen molar-refractivity contribution in [3.8, 4) is 0 Å². The van der Waals surface area contributed by atoms with Crippen molar-refractivity contribution in [3.63, 3.8) is 0 Å². The van der Waals surface area contributed by atoms with Crippen molar-refractivity contribution in [2.45, 2.75) is 58.1 Å². The van der Waals surface area contributed by atoms with Crippen LogP contribution in [0.5, 0.6) is 0 Å². The summed E-state index contributed by atoms with van der Waals surface area (Å²) in [6, 6.07) is 0. The van der Waals surface area contributed by atoms with E-state index < -0.39 is 11.5 Å². The van der Waals surface area contributed by atoms with Gasteiger partial charge in [0.2, 0.25) is 5.91 Å². The van der Waals surface area contributed by atoms with E-state index in [1.165, 1.54) is 0 Å². The van der Waals surface area contributed by atoms with Crippen molar-refractivity contribution < 1.29 is 19.4 Å². The minimum Gasteiger partial charge on any atom is -0.481 e. The van der Waals surface area contributed by atoms with Gasteiger partial charge in [-0.15, -0.1) is 0 Å². The van der Waals surface area contributed by atoms with Crippen LogP contribution in [0, 0.1) is 5.92 Å². The van der Waals surface area contributed by atoms with E-state index in [2.05, 4.69) is 5.32 Å². The first kappa shape index (κ1) is 15.0. The summed E-state index contributed by atoms with van der Waals surface area (Å²) in [5, 5.41) is 11.5. The standard InChI is InChI=1S/C13H23NO4/c1-4-18-10-5-9(6-10)7-11(15)14-13(2,3)8-12(16)17/h9-10H,4-8H2,1-3H3,(H,14,15)(H,16,17). The van der Waals surface area contributed by atoms with Crippen LogP contribution in [0.15, 0.2) is 0 Å². The molecule has 0 heterocycles. The fraction of sp³-hybridized carbons (Fsp3) is 0.846. The van der Waals surface area contributed by atoms with Crippen molar-refractivity contribution in [1.29, 1.82) is 0 Å². The highest BCUT2D eigenvalue weighted by atomic mass is 16.5. The fourth-order valence-electron chi connectivity index (χ4n) is 2.33. The van der Waals surface area contributed by atoms with E-state index in [1.54, 1.807) is 13.8 Å². The molecule has 2 N–H and O–H groups in total. The highest BCUT2D eigenvalue weighted by Gasteiger charge is 2.32. The van der Waals surface area contributed by atoms with E-state index in [1.807, 2.05) is 6.92 Å². The summed E-state index contributed by atoms with van der Waals surface area (Å²) >= 11 is 0. The van der Waals surface area contributed by atoms with Crippen LogP contribution in [-0.2, 0) is 14.3 Å². The van der Waals surface area contributed by atoms with Gasteiger partial charge >= 0.3 is 5.97 Å². The Morgan fingerprint density at radius 2 is 2.00 bits per heavy atom. The molecule has 0 aromatic heterocycles. The van der Waals surface area contributed by atoms with Gasteiger partial charge in [-0.3, -0.25) is 9.59 Å². The molecule has 0 radical (unpaired) electrons. The molecule has 1 saturated carbocycles. The maximum Gasteiger partial charge on any atom is 0.305 e. The van der Waals surface area contributed by atoms with Crippen molar-refractivity contribution in [2.75, 3.05) is 6.61 Å². The first-order valence-electron chi connectivity index (χ1n) is 6.47. The number of carboxylic acid groups (broad SMARTS) is 1. The largest absolute Gasteiger partial charge is 0.481 e. The second-order valence-electron chi connectivity index (χ2n) is 5.62. The summed E-state index contributed by atoms with van der Waals surface area (Å²) in [5.74, 6) is -0.594. The van der Waals surface area contributed by atoms with Gasteiger partial charge in [0.15, 0.2) is 0 Å². The molecule has 1 rings (SSSR count). The molecule has 0 aliphatic heterocycles. The average molecular weight is 257 g/mol. The molecule has 1 fully saturated rings. The molecule has 1 amide bonds. The summed E-state index contributed by atoms with van der Waals surface area (Å²) in [5.41, 5.74) is -0.689. The van der Waals surface area contributed by atoms with Gasteiger partial charge < -0.3 is 15.2 Å². The van der Waals surface area contributed by atoms with Crippen molar-refractivity contribution >= 4 is 11.9 Å². The smallest absolute Gasteiger partial charge is 0.305 e. The Balaban J connectivity index is 2.24. The topological polar surface area (TPSA) is 75.6 Å². The molecule has 18 heavy (non-hydrogen) atoms. The fourth-order valence-corrected chi connectivity index (χ4v) is 2.33. The lowest BCUT2D eigenvalue weighted by atomic mass is 9.79. The zero-order valence-corrected chi connectivity index (χ0v) is 11.4. The predicted octanol–water partition coefficient (Wildman–Crippen LogP) is 1.56. The van der Waals surface area contributed by atoms with Gasteiger partial charge in [0, 0.05) is 18.6 Å². The van der Waals surface area contributed by atoms with Crippen molar-refractivity contribution in [2.24, 2.45) is 5.92 Å². The molecule has 5 heteroatoms. The van der Waals surface area contributed by atoms with Crippen LogP contribution in [0.3, 0.4) is 0 Å². The zero-order valence-electron chi connectivity index (χ0n) is 11.4. The maximum absolute atomic E-state index is 11.8. The van der Waals surface area contributed by atoms with Gasteiger partial charge in [0.1, 0.15) is 0 Å². The van der Waals surface area contributed by atoms with E-state index in [9.17, 15) is 9.59 Å². The Kier molecular flexibility index (Phi) is 5.14. The molecule has 0 aromatic rings. The van der Waals surface area contributed by atoms with Gasteiger partial charge in [-0.25, -0.2) is 0 Å². The molecular formula is C13H23NO4. The van der Waals surface area contributed by atoms with Crippen LogP contribution >= 0.6 is 0 Å². The Labute approximate surface area is 108 Å². The van der Waals surface area contributed by atoms with E-state index in [0.717, 1.165) is 19.4 Å². The van der Waals surface area contributed by atoms with E-state index in [4.69, 9.17) is 9.84 Å². The normalized spacial score (nSPS) is 23.3. The minimum atomic E-state index is -0.902. The lowest BCUT2D eigenvalue weighted by molar-refractivity contribution is -0.138. The maximum atomic E-state index is 11.8. The highest BCUT2D eigenvalue weighted by molar-refractivity contribution is 5.78. The number of hydrogen-bond acceptors (Lipinski definition) is 3. The third-order valence-electron chi connectivity index (χ3n) is 3.14. The molecule has 0 saturated heterocycles. The first-order chi connectivity index (χ1) is 8.32. The van der Waals surface area contributed by atoms with Gasteiger partial charge in [0.05, 0.1) is 12.5 Å². The predicted molar refractivity (Wildman–Crippen MR) is 67.2 cm³/mol. The van der Waals surface area contributed by atoms with Crippen molar-refractivity contribution in [1.82, 2.24) is 5.32 Å². The first-order valence-corrected chi connectivity index (χ1v) is 6.47. The molecule has 0 atom stereocenters. The second-order valence-corrected chi connectivity index (χ2v) is 5.62. The van der Waals surface area contributed by atoms with E-state index in [0.29, 0.717) is 18.4 Å². The SMILES string of the molecule is CCOC1CC(CC(=O)NC(C)(C)CC(=O)O)C1.